The van der Waals surface area contributed by atoms with Crippen molar-refractivity contribution in [1.82, 2.24) is 0 Å². The lowest BCUT2D eigenvalue weighted by atomic mass is 9.80. The molecule has 1 aliphatic heterocycles. The van der Waals surface area contributed by atoms with E-state index in [0.29, 0.717) is 10.7 Å². The lowest BCUT2D eigenvalue weighted by molar-refractivity contribution is -0.131. The van der Waals surface area contributed by atoms with Crippen LogP contribution in [-0.4, -0.2) is 5.91 Å². The highest BCUT2D eigenvalue weighted by Crippen LogP contribution is 2.48. The third-order valence-electron chi connectivity index (χ3n) is 5.05. The van der Waals surface area contributed by atoms with Gasteiger partial charge < -0.3 is 9.64 Å². The van der Waals surface area contributed by atoms with Crippen LogP contribution >= 0.6 is 11.6 Å². The van der Waals surface area contributed by atoms with Crippen molar-refractivity contribution in [3.8, 4) is 0 Å². The van der Waals surface area contributed by atoms with Crippen molar-refractivity contribution in [2.75, 3.05) is 4.90 Å². The van der Waals surface area contributed by atoms with Crippen LogP contribution in [0.3, 0.4) is 0 Å². The SMILES string of the molecule is O=C1[C@@H](C(OCc2ccccc2)=C(F)F)[C@H](c2ccccc2)N1c1ccc(Cl)cc1. The Bertz CT molecular complexity index is 1050. The topological polar surface area (TPSA) is 29.5 Å². The Kier molecular flexibility index (Phi) is 5.81. The maximum atomic E-state index is 13.9. The highest BCUT2D eigenvalue weighted by atomic mass is 35.5. The van der Waals surface area contributed by atoms with Gasteiger partial charge in [0.1, 0.15) is 12.5 Å². The van der Waals surface area contributed by atoms with Crippen LogP contribution in [0.1, 0.15) is 17.2 Å². The van der Waals surface area contributed by atoms with Crippen molar-refractivity contribution >= 4 is 23.2 Å². The highest BCUT2D eigenvalue weighted by molar-refractivity contribution is 6.30. The van der Waals surface area contributed by atoms with Crippen LogP contribution in [-0.2, 0) is 16.1 Å². The number of nitrogens with zero attached hydrogens (tertiary/aromatic N) is 1. The standard InChI is InChI=1S/C24H18ClF2NO2/c25-18-11-13-19(14-12-18)28-21(17-9-5-2-6-10-17)20(24(28)29)22(23(26)27)30-15-16-7-3-1-4-8-16/h1-14,20-21H,15H2/t20-,21+/m1/s1. The molecule has 1 aliphatic rings. The third-order valence-corrected chi connectivity index (χ3v) is 5.30. The Labute approximate surface area is 178 Å². The molecule has 30 heavy (non-hydrogen) atoms. The van der Waals surface area contributed by atoms with Gasteiger partial charge in [0.25, 0.3) is 0 Å². The van der Waals surface area contributed by atoms with Crippen molar-refractivity contribution in [3.63, 3.8) is 0 Å². The van der Waals surface area contributed by atoms with Gasteiger partial charge in [-0.3, -0.25) is 4.79 Å². The first-order valence-corrected chi connectivity index (χ1v) is 9.79. The average Bonchev–Trinajstić information content (AvgIpc) is 2.77. The van der Waals surface area contributed by atoms with Gasteiger partial charge in [-0.1, -0.05) is 72.3 Å². The van der Waals surface area contributed by atoms with Gasteiger partial charge in [-0.2, -0.15) is 8.78 Å². The Morgan fingerprint density at radius 1 is 0.900 bits per heavy atom. The molecule has 2 atom stereocenters. The van der Waals surface area contributed by atoms with Gasteiger partial charge in [-0.05, 0) is 35.4 Å². The molecule has 1 amide bonds. The van der Waals surface area contributed by atoms with E-state index in [1.807, 2.05) is 36.4 Å². The summed E-state index contributed by atoms with van der Waals surface area (Å²) in [5.41, 5.74) is 2.09. The molecule has 4 rings (SSSR count). The average molecular weight is 426 g/mol. The molecule has 0 aliphatic carbocycles. The number of hydrogen-bond donors (Lipinski definition) is 0. The second kappa shape index (κ2) is 8.67. The summed E-state index contributed by atoms with van der Waals surface area (Å²) in [5.74, 6) is -2.12. The summed E-state index contributed by atoms with van der Waals surface area (Å²) < 4.78 is 33.2. The van der Waals surface area contributed by atoms with Crippen LogP contribution in [0.5, 0.6) is 0 Å². The minimum atomic E-state index is -1.99. The van der Waals surface area contributed by atoms with E-state index >= 15 is 0 Å². The van der Waals surface area contributed by atoms with E-state index < -0.39 is 29.7 Å². The minimum absolute atomic E-state index is 0.0419. The molecule has 1 heterocycles. The summed E-state index contributed by atoms with van der Waals surface area (Å²) in [6.45, 7) is -0.0419. The van der Waals surface area contributed by atoms with Gasteiger partial charge in [-0.25, -0.2) is 0 Å². The summed E-state index contributed by atoms with van der Waals surface area (Å²) in [5, 5.41) is 0.529. The zero-order valence-electron chi connectivity index (χ0n) is 15.8. The van der Waals surface area contributed by atoms with Crippen molar-refractivity contribution in [3.05, 3.63) is 113 Å². The number of ether oxygens (including phenoxy) is 1. The molecule has 1 fully saturated rings. The van der Waals surface area contributed by atoms with Crippen molar-refractivity contribution in [2.24, 2.45) is 5.92 Å². The van der Waals surface area contributed by atoms with Crippen LogP contribution in [0.15, 0.2) is 96.8 Å². The van der Waals surface area contributed by atoms with Gasteiger partial charge >= 0.3 is 6.08 Å². The molecule has 0 N–H and O–H groups in total. The zero-order valence-corrected chi connectivity index (χ0v) is 16.6. The summed E-state index contributed by atoms with van der Waals surface area (Å²) >= 11 is 5.96. The lowest BCUT2D eigenvalue weighted by Gasteiger charge is -2.47. The second-order valence-corrected chi connectivity index (χ2v) is 7.35. The van der Waals surface area contributed by atoms with Gasteiger partial charge in [0, 0.05) is 10.7 Å². The predicted molar refractivity (Wildman–Crippen MR) is 112 cm³/mol. The Hall–Kier alpha value is -3.18. The van der Waals surface area contributed by atoms with Crippen LogP contribution in [0.25, 0.3) is 0 Å². The number of carbonyl (C=O) groups excluding carboxylic acids is 1. The van der Waals surface area contributed by atoms with Crippen LogP contribution in [0, 0.1) is 5.92 Å². The molecule has 152 valence electrons. The molecular weight excluding hydrogens is 408 g/mol. The van der Waals surface area contributed by atoms with E-state index in [0.717, 1.165) is 11.1 Å². The van der Waals surface area contributed by atoms with Gasteiger partial charge in [-0.15, -0.1) is 0 Å². The number of halogens is 3. The quantitative estimate of drug-likeness (QED) is 0.339. The molecule has 3 nitrogen and oxygen atoms in total. The van der Waals surface area contributed by atoms with Crippen LogP contribution < -0.4 is 4.90 Å². The number of amides is 1. The molecule has 0 bridgehead atoms. The molecule has 0 radical (unpaired) electrons. The molecule has 6 heteroatoms. The molecule has 3 aromatic carbocycles. The lowest BCUT2D eigenvalue weighted by Crippen LogP contribution is -2.56. The van der Waals surface area contributed by atoms with E-state index in [-0.39, 0.29) is 6.61 Å². The normalized spacial score (nSPS) is 18.0. The first-order chi connectivity index (χ1) is 14.6. The fourth-order valence-electron chi connectivity index (χ4n) is 3.62. The zero-order chi connectivity index (χ0) is 21.1. The number of hydrogen-bond acceptors (Lipinski definition) is 2. The van der Waals surface area contributed by atoms with E-state index in [1.165, 1.54) is 4.90 Å². The number of benzene rings is 3. The maximum Gasteiger partial charge on any atom is 0.308 e. The van der Waals surface area contributed by atoms with Gasteiger partial charge in [0.05, 0.1) is 6.04 Å². The molecule has 0 aromatic heterocycles. The second-order valence-electron chi connectivity index (χ2n) is 6.92. The van der Waals surface area contributed by atoms with Crippen molar-refractivity contribution in [2.45, 2.75) is 12.6 Å². The first-order valence-electron chi connectivity index (χ1n) is 9.41. The van der Waals surface area contributed by atoms with Crippen LogP contribution in [0.4, 0.5) is 14.5 Å². The van der Waals surface area contributed by atoms with Crippen LogP contribution in [0.2, 0.25) is 5.02 Å². The largest absolute Gasteiger partial charge is 0.487 e. The van der Waals surface area contributed by atoms with Crippen molar-refractivity contribution < 1.29 is 18.3 Å². The fraction of sp³-hybridized carbons (Fsp3) is 0.125. The minimum Gasteiger partial charge on any atom is -0.487 e. The number of rotatable bonds is 6. The summed E-state index contributed by atoms with van der Waals surface area (Å²) in [6, 6.07) is 24.2. The molecule has 0 spiro atoms. The molecule has 0 saturated carbocycles. The molecule has 1 saturated heterocycles. The number of carbonyl (C=O) groups is 1. The predicted octanol–water partition coefficient (Wildman–Crippen LogP) is 6.37. The summed E-state index contributed by atoms with van der Waals surface area (Å²) in [7, 11) is 0. The fourth-order valence-corrected chi connectivity index (χ4v) is 3.75. The number of β-lactam (4-membered cyclic amide) rings is 1. The first kappa shape index (κ1) is 20.1. The van der Waals surface area contributed by atoms with E-state index in [9.17, 15) is 13.6 Å². The summed E-state index contributed by atoms with van der Waals surface area (Å²) in [6.07, 6.45) is -1.99. The van der Waals surface area contributed by atoms with Gasteiger partial charge in [0.15, 0.2) is 5.76 Å². The number of anilines is 1. The third kappa shape index (κ3) is 3.94. The van der Waals surface area contributed by atoms with E-state index in [1.54, 1.807) is 48.5 Å². The smallest absolute Gasteiger partial charge is 0.308 e. The Morgan fingerprint density at radius 3 is 2.10 bits per heavy atom. The maximum absolute atomic E-state index is 13.9. The monoisotopic (exact) mass is 425 g/mol. The Morgan fingerprint density at radius 2 is 1.50 bits per heavy atom. The van der Waals surface area contributed by atoms with Gasteiger partial charge in [0.2, 0.25) is 5.91 Å². The Balaban J connectivity index is 1.67. The molecular formula is C24H18ClF2NO2. The van der Waals surface area contributed by atoms with E-state index in [4.69, 9.17) is 16.3 Å². The summed E-state index contributed by atoms with van der Waals surface area (Å²) in [4.78, 5) is 14.5. The van der Waals surface area contributed by atoms with E-state index in [2.05, 4.69) is 0 Å². The molecule has 3 aromatic rings. The van der Waals surface area contributed by atoms with Crippen molar-refractivity contribution in [1.29, 1.82) is 0 Å². The highest BCUT2D eigenvalue weighted by Gasteiger charge is 2.53. The molecule has 0 unspecified atom stereocenters.